The Morgan fingerprint density at radius 2 is 1.52 bits per heavy atom. The molecule has 1 aromatic carbocycles. The zero-order chi connectivity index (χ0) is 18.5. The van der Waals surface area contributed by atoms with Crippen LogP contribution in [0.3, 0.4) is 0 Å². The van der Waals surface area contributed by atoms with E-state index >= 15 is 0 Å². The molecule has 2 aliphatic heterocycles. The maximum Gasteiger partial charge on any atom is 0.327 e. The van der Waals surface area contributed by atoms with Crippen molar-refractivity contribution in [3.05, 3.63) is 48.2 Å². The zero-order valence-electron chi connectivity index (χ0n) is 16.6. The monoisotopic (exact) mass is 360 g/mol. The minimum absolute atomic E-state index is 0.0746. The Morgan fingerprint density at radius 1 is 0.960 bits per heavy atom. The van der Waals surface area contributed by atoms with Crippen molar-refractivity contribution in [3.63, 3.8) is 0 Å². The first-order valence-electron chi connectivity index (χ1n) is 9.49. The molecule has 4 heteroatoms. The van der Waals surface area contributed by atoms with E-state index in [9.17, 15) is 0 Å². The van der Waals surface area contributed by atoms with E-state index in [0.717, 1.165) is 0 Å². The van der Waals surface area contributed by atoms with Gasteiger partial charge < -0.3 is 13.9 Å². The van der Waals surface area contributed by atoms with Crippen LogP contribution in [0.4, 0.5) is 0 Å². The van der Waals surface area contributed by atoms with Crippen LogP contribution in [-0.2, 0) is 19.5 Å². The molecule has 0 aliphatic carbocycles. The second kappa shape index (κ2) is 6.25. The lowest BCUT2D eigenvalue weighted by atomic mass is 9.76. The first kappa shape index (κ1) is 18.7. The fraction of sp³-hybridized carbons (Fsp3) is 0.619. The SMILES string of the molecule is CC(C)[Si](O[C@]12OC=C[C@H]1[C@](C)(c1ccccc1)O2)(C(C)C)C(C)C. The van der Waals surface area contributed by atoms with E-state index in [4.69, 9.17) is 13.9 Å². The van der Waals surface area contributed by atoms with Crippen LogP contribution in [0.1, 0.15) is 54.0 Å². The van der Waals surface area contributed by atoms with Gasteiger partial charge in [-0.15, -0.1) is 0 Å². The molecule has 2 aliphatic rings. The molecule has 1 saturated heterocycles. The van der Waals surface area contributed by atoms with E-state index in [1.807, 2.05) is 6.07 Å². The van der Waals surface area contributed by atoms with Gasteiger partial charge >= 0.3 is 5.97 Å². The molecule has 25 heavy (non-hydrogen) atoms. The Balaban J connectivity index is 1.93. The summed E-state index contributed by atoms with van der Waals surface area (Å²) in [7, 11) is -2.11. The van der Waals surface area contributed by atoms with Crippen LogP contribution in [0.5, 0.6) is 0 Å². The highest BCUT2D eigenvalue weighted by molar-refractivity contribution is 6.77. The molecule has 0 spiro atoms. The lowest BCUT2D eigenvalue weighted by Crippen LogP contribution is -2.69. The number of fused-ring (bicyclic) bond motifs is 1. The van der Waals surface area contributed by atoms with E-state index in [-0.39, 0.29) is 5.92 Å². The van der Waals surface area contributed by atoms with Gasteiger partial charge in [0.25, 0.3) is 0 Å². The molecule has 3 rings (SSSR count). The van der Waals surface area contributed by atoms with E-state index in [0.29, 0.717) is 16.6 Å². The summed E-state index contributed by atoms with van der Waals surface area (Å²) >= 11 is 0. The Morgan fingerprint density at radius 3 is 2.04 bits per heavy atom. The van der Waals surface area contributed by atoms with Crippen molar-refractivity contribution in [1.29, 1.82) is 0 Å². The maximum atomic E-state index is 6.92. The van der Waals surface area contributed by atoms with Gasteiger partial charge in [-0.2, -0.15) is 0 Å². The van der Waals surface area contributed by atoms with Crippen LogP contribution in [0.15, 0.2) is 42.7 Å². The third-order valence-corrected chi connectivity index (χ3v) is 12.3. The van der Waals surface area contributed by atoms with Gasteiger partial charge in [0, 0.05) is 0 Å². The van der Waals surface area contributed by atoms with Gasteiger partial charge in [-0.1, -0.05) is 71.9 Å². The van der Waals surface area contributed by atoms with Gasteiger partial charge in [-0.3, -0.25) is 0 Å². The second-order valence-corrected chi connectivity index (χ2v) is 13.9. The lowest BCUT2D eigenvalue weighted by molar-refractivity contribution is -0.474. The zero-order valence-corrected chi connectivity index (χ0v) is 17.6. The highest BCUT2D eigenvalue weighted by atomic mass is 28.4. The van der Waals surface area contributed by atoms with Crippen molar-refractivity contribution in [2.75, 3.05) is 0 Å². The molecule has 1 aromatic rings. The van der Waals surface area contributed by atoms with Gasteiger partial charge in [-0.25, -0.2) is 0 Å². The smallest absolute Gasteiger partial charge is 0.327 e. The molecule has 3 nitrogen and oxygen atoms in total. The first-order chi connectivity index (χ1) is 11.7. The van der Waals surface area contributed by atoms with Crippen LogP contribution >= 0.6 is 0 Å². The number of benzene rings is 1. The summed E-state index contributed by atoms with van der Waals surface area (Å²) in [6.07, 6.45) is 3.87. The molecule has 0 bridgehead atoms. The fourth-order valence-corrected chi connectivity index (χ4v) is 10.4. The summed E-state index contributed by atoms with van der Waals surface area (Å²) in [5.41, 5.74) is 2.22. The number of ether oxygens (including phenoxy) is 2. The Labute approximate surface area is 153 Å². The summed E-state index contributed by atoms with van der Waals surface area (Å²) in [5, 5.41) is 0. The fourth-order valence-electron chi connectivity index (χ4n) is 5.03. The largest absolute Gasteiger partial charge is 0.447 e. The summed E-state index contributed by atoms with van der Waals surface area (Å²) in [5.74, 6) is -0.874. The lowest BCUT2D eigenvalue weighted by Gasteiger charge is -2.59. The van der Waals surface area contributed by atoms with Crippen LogP contribution in [-0.4, -0.2) is 14.3 Å². The Hall–Kier alpha value is -1.10. The summed E-state index contributed by atoms with van der Waals surface area (Å²) < 4.78 is 19.3. The Bertz CT molecular complexity index is 618. The molecule has 0 N–H and O–H groups in total. The molecule has 1 fully saturated rings. The van der Waals surface area contributed by atoms with Gasteiger partial charge in [0.05, 0.1) is 6.26 Å². The third-order valence-electron chi connectivity index (χ3n) is 6.21. The normalized spacial score (nSPS) is 31.4. The second-order valence-electron chi connectivity index (χ2n) is 8.52. The summed E-state index contributed by atoms with van der Waals surface area (Å²) in [6, 6.07) is 10.4. The predicted octanol–water partition coefficient (Wildman–Crippen LogP) is 5.94. The average Bonchev–Trinajstić information content (AvgIpc) is 2.89. The molecule has 0 amide bonds. The topological polar surface area (TPSA) is 27.7 Å². The van der Waals surface area contributed by atoms with Crippen LogP contribution in [0, 0.1) is 5.92 Å². The van der Waals surface area contributed by atoms with Gasteiger partial charge in [0.1, 0.15) is 11.5 Å². The van der Waals surface area contributed by atoms with Gasteiger partial charge in [-0.05, 0) is 35.2 Å². The van der Waals surface area contributed by atoms with Crippen molar-refractivity contribution >= 4 is 8.32 Å². The van der Waals surface area contributed by atoms with E-state index < -0.39 is 19.9 Å². The number of hydrogen-bond acceptors (Lipinski definition) is 3. The molecule has 0 aromatic heterocycles. The van der Waals surface area contributed by atoms with Crippen molar-refractivity contribution in [1.82, 2.24) is 0 Å². The van der Waals surface area contributed by atoms with Gasteiger partial charge in [0.15, 0.2) is 0 Å². The highest BCUT2D eigenvalue weighted by Gasteiger charge is 2.70. The molecule has 2 heterocycles. The first-order valence-corrected chi connectivity index (χ1v) is 11.6. The molecule has 0 unspecified atom stereocenters. The van der Waals surface area contributed by atoms with E-state index in [1.165, 1.54) is 5.56 Å². The molecule has 138 valence electrons. The Kier molecular flexibility index (Phi) is 4.67. The van der Waals surface area contributed by atoms with Crippen molar-refractivity contribution in [3.8, 4) is 0 Å². The molecular weight excluding hydrogens is 328 g/mol. The van der Waals surface area contributed by atoms with Crippen molar-refractivity contribution in [2.45, 2.75) is 76.7 Å². The number of rotatable bonds is 6. The molecular formula is C21H32O3Si. The maximum absolute atomic E-state index is 6.92. The van der Waals surface area contributed by atoms with Crippen LogP contribution in [0.25, 0.3) is 0 Å². The van der Waals surface area contributed by atoms with Crippen molar-refractivity contribution in [2.24, 2.45) is 5.92 Å². The molecule has 0 radical (unpaired) electrons. The summed E-state index contributed by atoms with van der Waals surface area (Å²) in [6.45, 7) is 15.9. The van der Waals surface area contributed by atoms with Gasteiger partial charge in [0.2, 0.25) is 8.32 Å². The standard InChI is InChI=1S/C21H32O3Si/c1-15(2)25(16(3)4,17(5)6)24-21-19(13-14-22-21)20(7,23-21)18-11-9-8-10-12-18/h8-17,19H,1-7H3/t19-,20-,21-/m0/s1. The minimum atomic E-state index is -2.11. The number of hydrogen-bond donors (Lipinski definition) is 0. The van der Waals surface area contributed by atoms with Crippen LogP contribution in [0.2, 0.25) is 16.6 Å². The molecule has 0 saturated carbocycles. The van der Waals surface area contributed by atoms with Crippen molar-refractivity contribution < 1.29 is 13.9 Å². The quantitative estimate of drug-likeness (QED) is 0.588. The van der Waals surface area contributed by atoms with Crippen LogP contribution < -0.4 is 0 Å². The molecule has 3 atom stereocenters. The van der Waals surface area contributed by atoms with E-state index in [2.05, 4.69) is 78.8 Å². The predicted molar refractivity (Wildman–Crippen MR) is 103 cm³/mol. The summed E-state index contributed by atoms with van der Waals surface area (Å²) in [4.78, 5) is 0. The average molecular weight is 361 g/mol. The highest BCUT2D eigenvalue weighted by Crippen LogP contribution is 2.60. The minimum Gasteiger partial charge on any atom is -0.447 e. The third kappa shape index (κ3) is 2.61. The van der Waals surface area contributed by atoms with E-state index in [1.54, 1.807) is 6.26 Å².